The molecule has 10 heteroatoms. The second-order valence-electron chi connectivity index (χ2n) is 6.06. The van der Waals surface area contributed by atoms with Crippen LogP contribution in [0.15, 0.2) is 40.6 Å². The summed E-state index contributed by atoms with van der Waals surface area (Å²) in [6.45, 7) is 1.49. The van der Waals surface area contributed by atoms with Crippen LogP contribution in [0.2, 0.25) is 0 Å². The third-order valence-electron chi connectivity index (χ3n) is 4.14. The summed E-state index contributed by atoms with van der Waals surface area (Å²) in [5.41, 5.74) is 0.343. The van der Waals surface area contributed by atoms with Crippen LogP contribution in [0, 0.1) is 0 Å². The molecule has 8 nitrogen and oxygen atoms in total. The Hall–Kier alpha value is -3.11. The van der Waals surface area contributed by atoms with Gasteiger partial charge in [0, 0.05) is 12.3 Å². The van der Waals surface area contributed by atoms with Gasteiger partial charge in [-0.2, -0.15) is 0 Å². The summed E-state index contributed by atoms with van der Waals surface area (Å²) in [6, 6.07) is 3.37. The first-order valence-corrected chi connectivity index (χ1v) is 9.75. The lowest BCUT2D eigenvalue weighted by Gasteiger charge is -2.14. The maximum atomic E-state index is 12.8. The van der Waals surface area contributed by atoms with Crippen molar-refractivity contribution in [1.29, 1.82) is 0 Å². The maximum Gasteiger partial charge on any atom is 0.348 e. The Morgan fingerprint density at radius 2 is 1.70 bits per heavy atom. The second-order valence-corrected chi connectivity index (χ2v) is 7.74. The van der Waals surface area contributed by atoms with Gasteiger partial charge in [-0.15, -0.1) is 0 Å². The Kier molecular flexibility index (Phi) is 6.28. The van der Waals surface area contributed by atoms with Gasteiger partial charge in [0.05, 0.1) is 26.2 Å². The lowest BCUT2D eigenvalue weighted by Crippen LogP contribution is -2.27. The van der Waals surface area contributed by atoms with Gasteiger partial charge in [0.1, 0.15) is 11.3 Å². The molecule has 2 heterocycles. The zero-order valence-electron chi connectivity index (χ0n) is 16.5. The highest BCUT2D eigenvalue weighted by atomic mass is 32.2. The zero-order chi connectivity index (χ0) is 22.0. The number of hydrogen-bond donors (Lipinski definition) is 0. The van der Waals surface area contributed by atoms with Crippen LogP contribution in [0.3, 0.4) is 0 Å². The summed E-state index contributed by atoms with van der Waals surface area (Å²) in [6.07, 6.45) is 3.89. The number of allylic oxidation sites excluding steroid dienone is 2. The maximum absolute atomic E-state index is 12.8. The molecule has 0 aliphatic carbocycles. The number of thioether (sulfide) groups is 1. The Labute approximate surface area is 182 Å². The fourth-order valence-electron chi connectivity index (χ4n) is 2.77. The van der Waals surface area contributed by atoms with Crippen LogP contribution in [0.1, 0.15) is 12.5 Å². The normalized spacial score (nSPS) is 19.3. The van der Waals surface area contributed by atoms with Crippen molar-refractivity contribution < 1.29 is 33.3 Å². The number of esters is 1. The highest BCUT2D eigenvalue weighted by Gasteiger charge is 2.34. The van der Waals surface area contributed by atoms with Gasteiger partial charge in [0.15, 0.2) is 21.6 Å². The number of benzene rings is 1. The lowest BCUT2D eigenvalue weighted by molar-refractivity contribution is -0.137. The molecule has 0 aromatic heterocycles. The molecule has 1 aromatic carbocycles. The van der Waals surface area contributed by atoms with Gasteiger partial charge in [0.25, 0.3) is 5.91 Å². The first-order chi connectivity index (χ1) is 14.3. The fraction of sp³-hybridized carbons (Fsp3) is 0.200. The van der Waals surface area contributed by atoms with E-state index in [0.29, 0.717) is 27.7 Å². The molecule has 1 saturated heterocycles. The highest BCUT2D eigenvalue weighted by molar-refractivity contribution is 8.26. The topological polar surface area (TPSA) is 91.4 Å². The number of carbonyl (C=O) groups excluding carboxylic acids is 3. The molecule has 0 saturated carbocycles. The van der Waals surface area contributed by atoms with Crippen LogP contribution in [0.4, 0.5) is 0 Å². The quantitative estimate of drug-likeness (QED) is 0.292. The number of ketones is 1. The number of hydrogen-bond acceptors (Lipinski definition) is 9. The Bertz CT molecular complexity index is 1030. The molecule has 0 atom stereocenters. The van der Waals surface area contributed by atoms with E-state index in [-0.39, 0.29) is 15.7 Å². The third-order valence-corrected chi connectivity index (χ3v) is 5.47. The minimum Gasteiger partial charge on any atom is -0.493 e. The molecule has 0 spiro atoms. The van der Waals surface area contributed by atoms with E-state index in [1.165, 1.54) is 34.3 Å². The summed E-state index contributed by atoms with van der Waals surface area (Å²) >= 11 is 6.29. The van der Waals surface area contributed by atoms with Crippen molar-refractivity contribution in [3.63, 3.8) is 0 Å². The van der Waals surface area contributed by atoms with Crippen LogP contribution in [0.5, 0.6) is 17.2 Å². The Balaban J connectivity index is 1.95. The van der Waals surface area contributed by atoms with Gasteiger partial charge in [-0.1, -0.05) is 24.0 Å². The summed E-state index contributed by atoms with van der Waals surface area (Å²) in [4.78, 5) is 38.3. The van der Waals surface area contributed by atoms with E-state index >= 15 is 0 Å². The molecule has 1 aromatic rings. The average Bonchev–Trinajstić information content (AvgIpc) is 2.96. The lowest BCUT2D eigenvalue weighted by atomic mass is 10.1. The molecule has 3 rings (SSSR count). The molecule has 0 unspecified atom stereocenters. The number of amides is 1. The van der Waals surface area contributed by atoms with Gasteiger partial charge >= 0.3 is 5.97 Å². The molecule has 1 fully saturated rings. The molecule has 156 valence electrons. The SMILES string of the molecule is COc1cc(/C=C2\SC(=S)N(/C=C3\C(=O)C=C(C)OC3=O)C2=O)cc(OC)c1OC. The Morgan fingerprint density at radius 1 is 1.07 bits per heavy atom. The summed E-state index contributed by atoms with van der Waals surface area (Å²) in [5.74, 6) is -0.383. The van der Waals surface area contributed by atoms with Gasteiger partial charge in [-0.3, -0.25) is 14.5 Å². The van der Waals surface area contributed by atoms with Gasteiger partial charge in [-0.05, 0) is 30.7 Å². The largest absolute Gasteiger partial charge is 0.493 e. The predicted octanol–water partition coefficient (Wildman–Crippen LogP) is 2.83. The van der Waals surface area contributed by atoms with Crippen LogP contribution in [-0.2, 0) is 19.1 Å². The summed E-state index contributed by atoms with van der Waals surface area (Å²) in [5, 5.41) is 0. The van der Waals surface area contributed by atoms with E-state index in [1.54, 1.807) is 18.2 Å². The van der Waals surface area contributed by atoms with Crippen molar-refractivity contribution in [3.05, 3.63) is 46.2 Å². The molecular formula is C20H17NO7S2. The molecular weight excluding hydrogens is 430 g/mol. The minimum atomic E-state index is -0.831. The highest BCUT2D eigenvalue weighted by Crippen LogP contribution is 2.40. The molecule has 0 bridgehead atoms. The van der Waals surface area contributed by atoms with Crippen LogP contribution < -0.4 is 14.2 Å². The number of cyclic esters (lactones) is 1. The fourth-order valence-corrected chi connectivity index (χ4v) is 3.97. The molecule has 30 heavy (non-hydrogen) atoms. The predicted molar refractivity (Wildman–Crippen MR) is 114 cm³/mol. The van der Waals surface area contributed by atoms with Crippen molar-refractivity contribution in [2.75, 3.05) is 21.3 Å². The second kappa shape index (κ2) is 8.72. The first kappa shape index (κ1) is 21.6. The summed E-state index contributed by atoms with van der Waals surface area (Å²) in [7, 11) is 4.47. The average molecular weight is 447 g/mol. The standard InChI is InChI=1S/C20H17NO7S2/c1-10-5-13(22)12(19(24)28-10)9-21-18(23)16(30-20(21)29)8-11-6-14(25-2)17(27-4)15(7-11)26-3/h5-9H,1-4H3/b12-9+,16-8-. The smallest absolute Gasteiger partial charge is 0.348 e. The van der Waals surface area contributed by atoms with Crippen molar-refractivity contribution >= 4 is 52.0 Å². The molecule has 2 aliphatic rings. The van der Waals surface area contributed by atoms with Gasteiger partial charge in [0.2, 0.25) is 5.75 Å². The van der Waals surface area contributed by atoms with E-state index < -0.39 is 17.7 Å². The van der Waals surface area contributed by atoms with Crippen LogP contribution in [-0.4, -0.2) is 48.2 Å². The molecule has 2 aliphatic heterocycles. The zero-order valence-corrected chi connectivity index (χ0v) is 18.1. The van der Waals surface area contributed by atoms with E-state index in [1.807, 2.05) is 0 Å². The monoisotopic (exact) mass is 447 g/mol. The number of ether oxygens (including phenoxy) is 4. The number of rotatable bonds is 5. The van der Waals surface area contributed by atoms with E-state index in [0.717, 1.165) is 22.9 Å². The third kappa shape index (κ3) is 4.10. The molecule has 0 radical (unpaired) electrons. The molecule has 1 amide bonds. The number of nitrogens with zero attached hydrogens (tertiary/aromatic N) is 1. The summed E-state index contributed by atoms with van der Waals surface area (Å²) < 4.78 is 21.0. The van der Waals surface area contributed by atoms with Crippen molar-refractivity contribution in [1.82, 2.24) is 4.90 Å². The van der Waals surface area contributed by atoms with Crippen LogP contribution in [0.25, 0.3) is 6.08 Å². The van der Waals surface area contributed by atoms with Crippen LogP contribution >= 0.6 is 24.0 Å². The molecule has 0 N–H and O–H groups in total. The van der Waals surface area contributed by atoms with Crippen molar-refractivity contribution in [2.24, 2.45) is 0 Å². The van der Waals surface area contributed by atoms with E-state index in [9.17, 15) is 14.4 Å². The van der Waals surface area contributed by atoms with Crippen molar-refractivity contribution in [2.45, 2.75) is 6.92 Å². The number of carbonyl (C=O) groups is 3. The van der Waals surface area contributed by atoms with Gasteiger partial charge in [-0.25, -0.2) is 4.79 Å². The Morgan fingerprint density at radius 3 is 2.23 bits per heavy atom. The minimum absolute atomic E-state index is 0.179. The van der Waals surface area contributed by atoms with E-state index in [4.69, 9.17) is 31.2 Å². The van der Waals surface area contributed by atoms with Gasteiger partial charge < -0.3 is 18.9 Å². The van der Waals surface area contributed by atoms with Crippen molar-refractivity contribution in [3.8, 4) is 17.2 Å². The number of methoxy groups -OCH3 is 3. The number of thiocarbonyl (C=S) groups is 1. The first-order valence-electron chi connectivity index (χ1n) is 8.52. The van der Waals surface area contributed by atoms with E-state index in [2.05, 4.69) is 0 Å².